The second-order valence-electron chi connectivity index (χ2n) is 6.34. The molecule has 114 valence electrons. The standard InChI is InChI=1S/C17H21BrO3/c18-13-6-7-15(21-11-12-4-3-5-12)14(10-13)17(16(19)20)8-1-2-9-17/h6-7,10,12H,1-5,8-9,11H2,(H,19,20). The van der Waals surface area contributed by atoms with Gasteiger partial charge in [0.1, 0.15) is 5.75 Å². The van der Waals surface area contributed by atoms with Gasteiger partial charge in [0.2, 0.25) is 0 Å². The Labute approximate surface area is 133 Å². The van der Waals surface area contributed by atoms with E-state index in [9.17, 15) is 9.90 Å². The molecule has 4 heteroatoms. The Kier molecular flexibility index (Phi) is 4.25. The van der Waals surface area contributed by atoms with E-state index in [1.807, 2.05) is 18.2 Å². The number of carboxylic acid groups (broad SMARTS) is 1. The molecule has 0 aliphatic heterocycles. The van der Waals surface area contributed by atoms with Gasteiger partial charge in [-0.15, -0.1) is 0 Å². The SMILES string of the molecule is O=C(O)C1(c2cc(Br)ccc2OCC2CCC2)CCCC1. The summed E-state index contributed by atoms with van der Waals surface area (Å²) in [7, 11) is 0. The zero-order valence-corrected chi connectivity index (χ0v) is 13.7. The molecule has 0 radical (unpaired) electrons. The second-order valence-corrected chi connectivity index (χ2v) is 7.26. The lowest BCUT2D eigenvalue weighted by Gasteiger charge is -2.29. The summed E-state index contributed by atoms with van der Waals surface area (Å²) in [6.07, 6.45) is 7.12. The van der Waals surface area contributed by atoms with Crippen molar-refractivity contribution in [1.82, 2.24) is 0 Å². The monoisotopic (exact) mass is 352 g/mol. The van der Waals surface area contributed by atoms with Crippen molar-refractivity contribution < 1.29 is 14.6 Å². The van der Waals surface area contributed by atoms with E-state index in [2.05, 4.69) is 15.9 Å². The minimum atomic E-state index is -0.765. The Morgan fingerprint density at radius 3 is 2.57 bits per heavy atom. The molecule has 0 heterocycles. The summed E-state index contributed by atoms with van der Waals surface area (Å²) >= 11 is 3.47. The number of carbonyl (C=O) groups is 1. The maximum atomic E-state index is 11.9. The zero-order chi connectivity index (χ0) is 14.9. The molecule has 0 amide bonds. The topological polar surface area (TPSA) is 46.5 Å². The van der Waals surface area contributed by atoms with Crippen LogP contribution in [-0.4, -0.2) is 17.7 Å². The molecule has 0 atom stereocenters. The van der Waals surface area contributed by atoms with Crippen LogP contribution < -0.4 is 4.74 Å². The van der Waals surface area contributed by atoms with E-state index in [-0.39, 0.29) is 0 Å². The van der Waals surface area contributed by atoms with E-state index in [4.69, 9.17) is 4.74 Å². The molecule has 0 bridgehead atoms. The Morgan fingerprint density at radius 1 is 1.29 bits per heavy atom. The first-order valence-corrected chi connectivity index (χ1v) is 8.57. The molecule has 0 unspecified atom stereocenters. The molecule has 2 saturated carbocycles. The van der Waals surface area contributed by atoms with Gasteiger partial charge >= 0.3 is 5.97 Å². The second kappa shape index (κ2) is 5.99. The molecule has 21 heavy (non-hydrogen) atoms. The lowest BCUT2D eigenvalue weighted by molar-refractivity contribution is -0.143. The van der Waals surface area contributed by atoms with E-state index in [1.165, 1.54) is 19.3 Å². The fraction of sp³-hybridized carbons (Fsp3) is 0.588. The van der Waals surface area contributed by atoms with Gasteiger partial charge in [-0.1, -0.05) is 35.2 Å². The van der Waals surface area contributed by atoms with Gasteiger partial charge in [0.25, 0.3) is 0 Å². The molecule has 1 aromatic carbocycles. The molecule has 1 aromatic rings. The van der Waals surface area contributed by atoms with Crippen LogP contribution in [0.3, 0.4) is 0 Å². The highest BCUT2D eigenvalue weighted by Crippen LogP contribution is 2.46. The summed E-state index contributed by atoms with van der Waals surface area (Å²) < 4.78 is 6.92. The van der Waals surface area contributed by atoms with Crippen LogP contribution in [0.25, 0.3) is 0 Å². The molecule has 2 aliphatic carbocycles. The minimum Gasteiger partial charge on any atom is -0.493 e. The van der Waals surface area contributed by atoms with Crippen LogP contribution in [0.4, 0.5) is 0 Å². The van der Waals surface area contributed by atoms with E-state index in [0.29, 0.717) is 25.4 Å². The quantitative estimate of drug-likeness (QED) is 0.846. The predicted octanol–water partition coefficient (Wildman–Crippen LogP) is 4.52. The minimum absolute atomic E-state index is 0.644. The maximum absolute atomic E-state index is 11.9. The van der Waals surface area contributed by atoms with Gasteiger partial charge in [-0.3, -0.25) is 4.79 Å². The zero-order valence-electron chi connectivity index (χ0n) is 12.1. The molecule has 1 N–H and O–H groups in total. The Morgan fingerprint density at radius 2 is 2.00 bits per heavy atom. The molecule has 3 rings (SSSR count). The number of hydrogen-bond acceptors (Lipinski definition) is 2. The smallest absolute Gasteiger partial charge is 0.314 e. The van der Waals surface area contributed by atoms with Crippen LogP contribution in [0, 0.1) is 5.92 Å². The third-order valence-electron chi connectivity index (χ3n) is 5.02. The third kappa shape index (κ3) is 2.83. The molecule has 0 aromatic heterocycles. The third-order valence-corrected chi connectivity index (χ3v) is 5.52. The van der Waals surface area contributed by atoms with Crippen molar-refractivity contribution in [3.05, 3.63) is 28.2 Å². The summed E-state index contributed by atoms with van der Waals surface area (Å²) in [5.74, 6) is 0.687. The lowest BCUT2D eigenvalue weighted by atomic mass is 9.78. The first kappa shape index (κ1) is 14.9. The average Bonchev–Trinajstić information content (AvgIpc) is 2.89. The van der Waals surface area contributed by atoms with Crippen LogP contribution in [0.5, 0.6) is 5.75 Å². The normalized spacial score (nSPS) is 21.0. The summed E-state index contributed by atoms with van der Waals surface area (Å²) in [5.41, 5.74) is 0.0832. The van der Waals surface area contributed by atoms with Crippen molar-refractivity contribution in [1.29, 1.82) is 0 Å². The number of aliphatic carboxylic acids is 1. The summed E-state index contributed by atoms with van der Waals surface area (Å²) in [6.45, 7) is 0.713. The average molecular weight is 353 g/mol. The van der Waals surface area contributed by atoms with Gasteiger partial charge in [0, 0.05) is 10.0 Å². The van der Waals surface area contributed by atoms with Crippen molar-refractivity contribution in [3.8, 4) is 5.75 Å². The van der Waals surface area contributed by atoms with Crippen molar-refractivity contribution in [3.63, 3.8) is 0 Å². The first-order valence-electron chi connectivity index (χ1n) is 7.78. The fourth-order valence-corrected chi connectivity index (χ4v) is 3.81. The van der Waals surface area contributed by atoms with E-state index in [0.717, 1.165) is 28.6 Å². The van der Waals surface area contributed by atoms with E-state index >= 15 is 0 Å². The highest BCUT2D eigenvalue weighted by atomic mass is 79.9. The van der Waals surface area contributed by atoms with Crippen LogP contribution in [0.2, 0.25) is 0 Å². The summed E-state index contributed by atoms with van der Waals surface area (Å²) in [5, 5.41) is 9.80. The van der Waals surface area contributed by atoms with Crippen molar-refractivity contribution >= 4 is 21.9 Å². The largest absolute Gasteiger partial charge is 0.493 e. The number of hydrogen-bond donors (Lipinski definition) is 1. The van der Waals surface area contributed by atoms with Crippen LogP contribution in [0.15, 0.2) is 22.7 Å². The molecular weight excluding hydrogens is 332 g/mol. The van der Waals surface area contributed by atoms with Gasteiger partial charge in [-0.05, 0) is 49.8 Å². The Hall–Kier alpha value is -1.03. The van der Waals surface area contributed by atoms with E-state index < -0.39 is 11.4 Å². The number of carboxylic acids is 1. The van der Waals surface area contributed by atoms with Crippen molar-refractivity contribution in [2.45, 2.75) is 50.4 Å². The highest BCUT2D eigenvalue weighted by Gasteiger charge is 2.45. The number of ether oxygens (including phenoxy) is 1. The molecule has 3 nitrogen and oxygen atoms in total. The Bertz CT molecular complexity index is 531. The van der Waals surface area contributed by atoms with Gasteiger partial charge in [0.05, 0.1) is 12.0 Å². The number of rotatable bonds is 5. The van der Waals surface area contributed by atoms with Crippen LogP contribution in [-0.2, 0) is 10.2 Å². The van der Waals surface area contributed by atoms with Crippen LogP contribution in [0.1, 0.15) is 50.5 Å². The van der Waals surface area contributed by atoms with Gasteiger partial charge in [-0.2, -0.15) is 0 Å². The molecule has 0 spiro atoms. The highest BCUT2D eigenvalue weighted by molar-refractivity contribution is 9.10. The molecule has 2 aliphatic rings. The fourth-order valence-electron chi connectivity index (χ4n) is 3.45. The molecule has 0 saturated heterocycles. The maximum Gasteiger partial charge on any atom is 0.314 e. The van der Waals surface area contributed by atoms with Gasteiger partial charge < -0.3 is 9.84 Å². The molecule has 2 fully saturated rings. The lowest BCUT2D eigenvalue weighted by Crippen LogP contribution is -2.33. The first-order chi connectivity index (χ1) is 10.1. The van der Waals surface area contributed by atoms with Gasteiger partial charge in [0.15, 0.2) is 0 Å². The number of benzene rings is 1. The van der Waals surface area contributed by atoms with Crippen molar-refractivity contribution in [2.24, 2.45) is 5.92 Å². The number of halogens is 1. The summed E-state index contributed by atoms with van der Waals surface area (Å²) in [4.78, 5) is 11.9. The van der Waals surface area contributed by atoms with Gasteiger partial charge in [-0.25, -0.2) is 0 Å². The van der Waals surface area contributed by atoms with E-state index in [1.54, 1.807) is 0 Å². The Balaban J connectivity index is 1.90. The molecular formula is C17H21BrO3. The van der Waals surface area contributed by atoms with Crippen molar-refractivity contribution in [2.75, 3.05) is 6.61 Å². The van der Waals surface area contributed by atoms with Crippen LogP contribution >= 0.6 is 15.9 Å². The summed E-state index contributed by atoms with van der Waals surface area (Å²) in [6, 6.07) is 5.79. The predicted molar refractivity (Wildman–Crippen MR) is 84.8 cm³/mol.